The van der Waals surface area contributed by atoms with Gasteiger partial charge in [0.25, 0.3) is 5.88 Å². The standard InChI is InChI=1S/C26H38N2O6/c1-19(2)18-33-22-4-3-5-23-24(22)25(27-34-23)31-16-8-20-6-11-28(12-7-20)13-17-32-26(29)21-9-14-30-15-10-21/h3-5,19-21H,6-18H2,1-2H3. The molecule has 0 atom stereocenters. The molecule has 4 rings (SSSR count). The fourth-order valence-electron chi connectivity index (χ4n) is 4.56. The normalized spacial score (nSPS) is 18.4. The SMILES string of the molecule is CC(C)COc1cccc2onc(OCCC3CCN(CCOC(=O)C4CCOCC4)CC3)c12. The van der Waals surface area contributed by atoms with Crippen molar-refractivity contribution in [2.45, 2.75) is 46.0 Å². The molecule has 3 heterocycles. The van der Waals surface area contributed by atoms with Gasteiger partial charge in [0.05, 0.1) is 19.1 Å². The third-order valence-corrected chi connectivity index (χ3v) is 6.68. The molecule has 1 aromatic carbocycles. The van der Waals surface area contributed by atoms with Gasteiger partial charge in [0.2, 0.25) is 0 Å². The number of fused-ring (bicyclic) bond motifs is 1. The second-order valence-electron chi connectivity index (χ2n) is 9.80. The lowest BCUT2D eigenvalue weighted by atomic mass is 9.94. The number of hydrogen-bond donors (Lipinski definition) is 0. The van der Waals surface area contributed by atoms with Gasteiger partial charge in [-0.2, -0.15) is 0 Å². The first-order valence-electron chi connectivity index (χ1n) is 12.7. The van der Waals surface area contributed by atoms with Crippen LogP contribution in [0.2, 0.25) is 0 Å². The molecule has 2 aromatic rings. The lowest BCUT2D eigenvalue weighted by Gasteiger charge is -2.31. The van der Waals surface area contributed by atoms with Crippen molar-refractivity contribution in [1.29, 1.82) is 0 Å². The summed E-state index contributed by atoms with van der Waals surface area (Å²) >= 11 is 0. The van der Waals surface area contributed by atoms with Gasteiger partial charge in [-0.3, -0.25) is 9.69 Å². The summed E-state index contributed by atoms with van der Waals surface area (Å²) < 4.78 is 28.2. The summed E-state index contributed by atoms with van der Waals surface area (Å²) in [4.78, 5) is 14.5. The monoisotopic (exact) mass is 474 g/mol. The van der Waals surface area contributed by atoms with Crippen molar-refractivity contribution >= 4 is 16.9 Å². The van der Waals surface area contributed by atoms with Crippen molar-refractivity contribution in [3.63, 3.8) is 0 Å². The molecule has 34 heavy (non-hydrogen) atoms. The highest BCUT2D eigenvalue weighted by Crippen LogP contribution is 2.34. The van der Waals surface area contributed by atoms with Crippen molar-refractivity contribution in [2.24, 2.45) is 17.8 Å². The molecule has 2 saturated heterocycles. The van der Waals surface area contributed by atoms with Gasteiger partial charge in [-0.05, 0) is 74.3 Å². The summed E-state index contributed by atoms with van der Waals surface area (Å²) in [7, 11) is 0. The second kappa shape index (κ2) is 12.4. The van der Waals surface area contributed by atoms with Crippen LogP contribution in [0.25, 0.3) is 11.0 Å². The van der Waals surface area contributed by atoms with Crippen molar-refractivity contribution in [1.82, 2.24) is 10.1 Å². The predicted molar refractivity (Wildman–Crippen MR) is 128 cm³/mol. The second-order valence-corrected chi connectivity index (χ2v) is 9.80. The lowest BCUT2D eigenvalue weighted by molar-refractivity contribution is -0.152. The van der Waals surface area contributed by atoms with Gasteiger partial charge in [-0.25, -0.2) is 0 Å². The zero-order valence-electron chi connectivity index (χ0n) is 20.5. The van der Waals surface area contributed by atoms with Gasteiger partial charge in [-0.1, -0.05) is 19.9 Å². The number of aromatic nitrogens is 1. The molecule has 0 unspecified atom stereocenters. The third kappa shape index (κ3) is 6.85. The molecule has 8 nitrogen and oxygen atoms in total. The Morgan fingerprint density at radius 3 is 2.68 bits per heavy atom. The molecule has 0 bridgehead atoms. The largest absolute Gasteiger partial charge is 0.492 e. The number of carbonyl (C=O) groups excluding carboxylic acids is 1. The number of hydrogen-bond acceptors (Lipinski definition) is 8. The number of esters is 1. The summed E-state index contributed by atoms with van der Waals surface area (Å²) in [6.45, 7) is 10.1. The van der Waals surface area contributed by atoms with E-state index in [9.17, 15) is 4.79 Å². The van der Waals surface area contributed by atoms with E-state index >= 15 is 0 Å². The third-order valence-electron chi connectivity index (χ3n) is 6.68. The number of nitrogens with zero attached hydrogens (tertiary/aromatic N) is 2. The van der Waals surface area contributed by atoms with E-state index < -0.39 is 0 Å². The summed E-state index contributed by atoms with van der Waals surface area (Å²) in [5.41, 5.74) is 0.682. The molecule has 1 aromatic heterocycles. The van der Waals surface area contributed by atoms with E-state index in [0.717, 1.165) is 62.9 Å². The molecular formula is C26H38N2O6. The van der Waals surface area contributed by atoms with E-state index in [-0.39, 0.29) is 11.9 Å². The maximum atomic E-state index is 12.1. The lowest BCUT2D eigenvalue weighted by Crippen LogP contribution is -2.37. The van der Waals surface area contributed by atoms with Gasteiger partial charge >= 0.3 is 5.97 Å². The van der Waals surface area contributed by atoms with Gasteiger partial charge in [0.15, 0.2) is 5.58 Å². The number of rotatable bonds is 11. The van der Waals surface area contributed by atoms with Crippen molar-refractivity contribution in [3.8, 4) is 11.6 Å². The van der Waals surface area contributed by atoms with E-state index in [1.165, 1.54) is 0 Å². The number of piperidine rings is 1. The van der Waals surface area contributed by atoms with Crippen molar-refractivity contribution in [3.05, 3.63) is 18.2 Å². The van der Waals surface area contributed by atoms with Crippen LogP contribution in [0.3, 0.4) is 0 Å². The van der Waals surface area contributed by atoms with E-state index in [1.54, 1.807) is 0 Å². The molecular weight excluding hydrogens is 436 g/mol. The van der Waals surface area contributed by atoms with Gasteiger partial charge in [-0.15, -0.1) is 0 Å². The quantitative estimate of drug-likeness (QED) is 0.446. The molecule has 0 radical (unpaired) electrons. The van der Waals surface area contributed by atoms with Crippen LogP contribution >= 0.6 is 0 Å². The number of carbonyl (C=O) groups is 1. The Bertz CT molecular complexity index is 900. The van der Waals surface area contributed by atoms with Crippen LogP contribution in [0.1, 0.15) is 46.0 Å². The number of benzene rings is 1. The maximum Gasteiger partial charge on any atom is 0.309 e. The fourth-order valence-corrected chi connectivity index (χ4v) is 4.56. The summed E-state index contributed by atoms with van der Waals surface area (Å²) in [6.07, 6.45) is 4.79. The summed E-state index contributed by atoms with van der Waals surface area (Å²) in [6, 6.07) is 5.73. The Balaban J connectivity index is 1.15. The van der Waals surface area contributed by atoms with Crippen LogP contribution in [0.4, 0.5) is 0 Å². The van der Waals surface area contributed by atoms with Crippen LogP contribution in [0.5, 0.6) is 11.6 Å². The van der Waals surface area contributed by atoms with E-state index in [2.05, 4.69) is 23.9 Å². The highest BCUT2D eigenvalue weighted by atomic mass is 16.5. The molecule has 0 N–H and O–H groups in total. The van der Waals surface area contributed by atoms with E-state index in [4.69, 9.17) is 23.5 Å². The Kier molecular flexibility index (Phi) is 9.04. The topological polar surface area (TPSA) is 83.3 Å². The molecule has 2 aliphatic rings. The van der Waals surface area contributed by atoms with Crippen molar-refractivity contribution in [2.75, 3.05) is 52.7 Å². The number of ether oxygens (including phenoxy) is 4. The molecule has 2 fully saturated rings. The zero-order valence-corrected chi connectivity index (χ0v) is 20.5. The minimum Gasteiger partial charge on any atom is -0.492 e. The first kappa shape index (κ1) is 24.8. The van der Waals surface area contributed by atoms with Crippen molar-refractivity contribution < 1.29 is 28.3 Å². The van der Waals surface area contributed by atoms with Crippen LogP contribution in [-0.4, -0.2) is 68.7 Å². The average molecular weight is 475 g/mol. The Morgan fingerprint density at radius 2 is 1.91 bits per heavy atom. The smallest absolute Gasteiger partial charge is 0.309 e. The average Bonchev–Trinajstić information content (AvgIpc) is 3.28. The maximum absolute atomic E-state index is 12.1. The molecule has 0 spiro atoms. The predicted octanol–water partition coefficient (Wildman–Crippen LogP) is 4.31. The van der Waals surface area contributed by atoms with Crippen LogP contribution in [-0.2, 0) is 14.3 Å². The molecule has 0 saturated carbocycles. The minimum absolute atomic E-state index is 0.0131. The molecule has 8 heteroatoms. The van der Waals surface area contributed by atoms with Crippen LogP contribution < -0.4 is 9.47 Å². The highest BCUT2D eigenvalue weighted by molar-refractivity contribution is 5.88. The Hall–Kier alpha value is -2.32. The fraction of sp³-hybridized carbons (Fsp3) is 0.692. The zero-order chi connectivity index (χ0) is 23.8. The van der Waals surface area contributed by atoms with E-state index in [1.807, 2.05) is 18.2 Å². The van der Waals surface area contributed by atoms with Gasteiger partial charge in [0.1, 0.15) is 17.7 Å². The minimum atomic E-state index is -0.0616. The first-order chi connectivity index (χ1) is 16.6. The highest BCUT2D eigenvalue weighted by Gasteiger charge is 2.24. The molecule has 2 aliphatic heterocycles. The Labute approximate surface area is 201 Å². The first-order valence-corrected chi connectivity index (χ1v) is 12.7. The van der Waals surface area contributed by atoms with Gasteiger partial charge < -0.3 is 23.5 Å². The van der Waals surface area contributed by atoms with Gasteiger partial charge in [0, 0.05) is 19.8 Å². The van der Waals surface area contributed by atoms with Crippen LogP contribution in [0, 0.1) is 17.8 Å². The Morgan fingerprint density at radius 1 is 1.12 bits per heavy atom. The molecule has 0 amide bonds. The number of likely N-dealkylation sites (tertiary alicyclic amines) is 1. The van der Waals surface area contributed by atoms with Crippen LogP contribution in [0.15, 0.2) is 22.7 Å². The molecule has 0 aliphatic carbocycles. The summed E-state index contributed by atoms with van der Waals surface area (Å²) in [5, 5.41) is 4.94. The summed E-state index contributed by atoms with van der Waals surface area (Å²) in [5.74, 6) is 2.28. The molecule has 188 valence electrons. The van der Waals surface area contributed by atoms with E-state index in [0.29, 0.717) is 56.3 Å².